The molecule has 1 aromatic carbocycles. The molecule has 14 heavy (non-hydrogen) atoms. The number of carbonyl (C=O) groups is 1. The molecule has 1 rings (SSSR count). The molecule has 1 aromatic rings. The maximum absolute atomic E-state index is 10.8. The van der Waals surface area contributed by atoms with Crippen LogP contribution in [0.2, 0.25) is 19.6 Å². The number of rotatable bonds is 2. The number of nitrogens with one attached hydrogen (secondary N) is 1. The molecule has 0 saturated heterocycles. The number of nitrogens with two attached hydrogens (primary N) is 1. The topological polar surface area (TPSA) is 55.1 Å². The van der Waals surface area contributed by atoms with Crippen LogP contribution in [0.1, 0.15) is 0 Å². The Morgan fingerprint density at radius 2 is 1.86 bits per heavy atom. The van der Waals surface area contributed by atoms with Gasteiger partial charge in [-0.25, -0.2) is 4.79 Å². The van der Waals surface area contributed by atoms with E-state index in [9.17, 15) is 4.79 Å². The highest BCUT2D eigenvalue weighted by Gasteiger charge is 2.19. The van der Waals surface area contributed by atoms with E-state index in [1.165, 1.54) is 5.19 Å². The van der Waals surface area contributed by atoms with Crippen LogP contribution in [0.3, 0.4) is 0 Å². The largest absolute Gasteiger partial charge is 0.351 e. The molecular weight excluding hydrogens is 192 g/mol. The predicted molar refractivity (Wildman–Crippen MR) is 62.6 cm³/mol. The highest BCUT2D eigenvalue weighted by atomic mass is 28.3. The molecule has 0 fully saturated rings. The Labute approximate surface area is 85.3 Å². The first-order valence-corrected chi connectivity index (χ1v) is 8.07. The smallest absolute Gasteiger partial charge is 0.316 e. The van der Waals surface area contributed by atoms with Gasteiger partial charge < -0.3 is 11.1 Å². The van der Waals surface area contributed by atoms with Gasteiger partial charge in [0.05, 0.1) is 8.07 Å². The number of benzene rings is 1. The predicted octanol–water partition coefficient (Wildman–Crippen LogP) is 1.72. The molecule has 76 valence electrons. The van der Waals surface area contributed by atoms with Gasteiger partial charge in [-0.2, -0.15) is 0 Å². The summed E-state index contributed by atoms with van der Waals surface area (Å²) in [7, 11) is -1.41. The second-order valence-corrected chi connectivity index (χ2v) is 9.32. The van der Waals surface area contributed by atoms with Gasteiger partial charge in [0.25, 0.3) is 0 Å². The molecule has 0 saturated carbocycles. The highest BCUT2D eigenvalue weighted by Crippen LogP contribution is 2.11. The minimum Gasteiger partial charge on any atom is -0.351 e. The number of amides is 2. The van der Waals surface area contributed by atoms with Crippen LogP contribution in [0, 0.1) is 0 Å². The number of anilines is 1. The molecule has 2 amide bonds. The van der Waals surface area contributed by atoms with E-state index in [-0.39, 0.29) is 0 Å². The zero-order valence-corrected chi connectivity index (χ0v) is 9.79. The standard InChI is InChI=1S/C10H16N2OSi/c1-14(2,3)9-7-5-4-6-8(9)12-10(11)13/h4-7H,1-3H3,(H3,11,12,13). The minimum atomic E-state index is -1.41. The molecule has 3 nitrogen and oxygen atoms in total. The maximum Gasteiger partial charge on any atom is 0.316 e. The molecular formula is C10H16N2OSi. The number of carbonyl (C=O) groups excluding carboxylic acids is 1. The van der Waals surface area contributed by atoms with E-state index < -0.39 is 14.1 Å². The first-order chi connectivity index (χ1) is 6.41. The van der Waals surface area contributed by atoms with Crippen molar-refractivity contribution in [1.82, 2.24) is 0 Å². The van der Waals surface area contributed by atoms with Crippen LogP contribution in [0.15, 0.2) is 24.3 Å². The van der Waals surface area contributed by atoms with E-state index in [1.54, 1.807) is 0 Å². The fraction of sp³-hybridized carbons (Fsp3) is 0.300. The van der Waals surface area contributed by atoms with Gasteiger partial charge in [-0.1, -0.05) is 37.8 Å². The summed E-state index contributed by atoms with van der Waals surface area (Å²) in [4.78, 5) is 10.8. The molecule has 0 aromatic heterocycles. The Morgan fingerprint density at radius 3 is 2.36 bits per heavy atom. The van der Waals surface area contributed by atoms with Gasteiger partial charge in [0.1, 0.15) is 0 Å². The molecule has 0 heterocycles. The number of hydrogen-bond donors (Lipinski definition) is 2. The van der Waals surface area contributed by atoms with E-state index in [0.717, 1.165) is 5.69 Å². The molecule has 3 N–H and O–H groups in total. The number of para-hydroxylation sites is 1. The van der Waals surface area contributed by atoms with Crippen molar-refractivity contribution >= 4 is 25.0 Å². The second-order valence-electron chi connectivity index (χ2n) is 4.28. The Balaban J connectivity index is 3.10. The SMILES string of the molecule is C[Si](C)(C)c1ccccc1NC(N)=O. The third kappa shape index (κ3) is 2.60. The van der Waals surface area contributed by atoms with Crippen LogP contribution >= 0.6 is 0 Å². The van der Waals surface area contributed by atoms with Gasteiger partial charge in [-0.3, -0.25) is 0 Å². The van der Waals surface area contributed by atoms with Crippen LogP contribution in [-0.4, -0.2) is 14.1 Å². The van der Waals surface area contributed by atoms with Crippen LogP contribution < -0.4 is 16.2 Å². The third-order valence-corrected chi connectivity index (χ3v) is 4.04. The zero-order valence-electron chi connectivity index (χ0n) is 8.79. The Kier molecular flexibility index (Phi) is 2.95. The van der Waals surface area contributed by atoms with Gasteiger partial charge in [0.2, 0.25) is 0 Å². The summed E-state index contributed by atoms with van der Waals surface area (Å²) in [6.45, 7) is 6.69. The number of primary amides is 1. The highest BCUT2D eigenvalue weighted by molar-refractivity contribution is 6.89. The van der Waals surface area contributed by atoms with E-state index in [2.05, 4.69) is 31.0 Å². The Morgan fingerprint density at radius 1 is 1.29 bits per heavy atom. The lowest BCUT2D eigenvalue weighted by Gasteiger charge is -2.20. The molecule has 0 bridgehead atoms. The summed E-state index contributed by atoms with van der Waals surface area (Å²) in [6.07, 6.45) is 0. The molecule has 0 spiro atoms. The molecule has 0 atom stereocenters. The van der Waals surface area contributed by atoms with Crippen LogP contribution in [0.25, 0.3) is 0 Å². The fourth-order valence-electron chi connectivity index (χ4n) is 1.38. The molecule has 0 radical (unpaired) electrons. The summed E-state index contributed by atoms with van der Waals surface area (Å²) in [5.41, 5.74) is 5.95. The Bertz CT molecular complexity index is 344. The molecule has 4 heteroatoms. The van der Waals surface area contributed by atoms with Crippen molar-refractivity contribution in [2.75, 3.05) is 5.32 Å². The number of urea groups is 1. The average Bonchev–Trinajstić information content (AvgIpc) is 2.01. The van der Waals surface area contributed by atoms with Gasteiger partial charge in [0, 0.05) is 5.69 Å². The van der Waals surface area contributed by atoms with Gasteiger partial charge >= 0.3 is 6.03 Å². The van der Waals surface area contributed by atoms with Crippen molar-refractivity contribution in [3.05, 3.63) is 24.3 Å². The van der Waals surface area contributed by atoms with E-state index in [4.69, 9.17) is 5.73 Å². The summed E-state index contributed by atoms with van der Waals surface area (Å²) in [6, 6.07) is 7.32. The normalized spacial score (nSPS) is 11.1. The zero-order chi connectivity index (χ0) is 10.8. The first-order valence-electron chi connectivity index (χ1n) is 4.57. The van der Waals surface area contributed by atoms with Gasteiger partial charge in [0.15, 0.2) is 0 Å². The fourth-order valence-corrected chi connectivity index (χ4v) is 2.93. The average molecular weight is 208 g/mol. The maximum atomic E-state index is 10.8. The van der Waals surface area contributed by atoms with Crippen molar-refractivity contribution < 1.29 is 4.79 Å². The summed E-state index contributed by atoms with van der Waals surface area (Å²) < 4.78 is 0. The first kappa shape index (κ1) is 10.8. The van der Waals surface area contributed by atoms with Crippen molar-refractivity contribution in [2.45, 2.75) is 19.6 Å². The quantitative estimate of drug-likeness (QED) is 0.714. The van der Waals surface area contributed by atoms with Crippen LogP contribution in [0.5, 0.6) is 0 Å². The lowest BCUT2D eigenvalue weighted by molar-refractivity contribution is 0.259. The van der Waals surface area contributed by atoms with Crippen molar-refractivity contribution in [3.8, 4) is 0 Å². The van der Waals surface area contributed by atoms with Crippen molar-refractivity contribution in [3.63, 3.8) is 0 Å². The molecule has 0 unspecified atom stereocenters. The van der Waals surface area contributed by atoms with Crippen molar-refractivity contribution in [2.24, 2.45) is 5.73 Å². The number of hydrogen-bond acceptors (Lipinski definition) is 1. The van der Waals surface area contributed by atoms with Gasteiger partial charge in [-0.15, -0.1) is 0 Å². The summed E-state index contributed by atoms with van der Waals surface area (Å²) in [5.74, 6) is 0. The minimum absolute atomic E-state index is 0.504. The Hall–Kier alpha value is -1.29. The summed E-state index contributed by atoms with van der Waals surface area (Å²) >= 11 is 0. The van der Waals surface area contributed by atoms with Crippen LogP contribution in [0.4, 0.5) is 10.5 Å². The lowest BCUT2D eigenvalue weighted by atomic mass is 10.3. The van der Waals surface area contributed by atoms with Crippen molar-refractivity contribution in [1.29, 1.82) is 0 Å². The monoisotopic (exact) mass is 208 g/mol. The third-order valence-electron chi connectivity index (χ3n) is 1.99. The van der Waals surface area contributed by atoms with E-state index in [1.807, 2.05) is 18.2 Å². The molecule has 0 aliphatic carbocycles. The lowest BCUT2D eigenvalue weighted by Crippen LogP contribution is -2.40. The van der Waals surface area contributed by atoms with E-state index >= 15 is 0 Å². The van der Waals surface area contributed by atoms with Crippen LogP contribution in [-0.2, 0) is 0 Å². The molecule has 0 aliphatic heterocycles. The molecule has 0 aliphatic rings. The van der Waals surface area contributed by atoms with E-state index in [0.29, 0.717) is 0 Å². The second kappa shape index (κ2) is 3.83. The summed E-state index contributed by atoms with van der Waals surface area (Å²) in [5, 5.41) is 3.87. The van der Waals surface area contributed by atoms with Gasteiger partial charge in [-0.05, 0) is 11.3 Å².